The van der Waals surface area contributed by atoms with Crippen molar-refractivity contribution in [3.63, 3.8) is 0 Å². The summed E-state index contributed by atoms with van der Waals surface area (Å²) in [7, 11) is -2.84. The van der Waals surface area contributed by atoms with Crippen molar-refractivity contribution in [3.8, 4) is 16.2 Å². The molecular formula is C26H26BrN3O8S2. The average molecular weight is 653 g/mol. The Labute approximate surface area is 243 Å². The maximum absolute atomic E-state index is 14.0. The zero-order valence-electron chi connectivity index (χ0n) is 21.4. The molecule has 1 N–H and O–H groups in total. The van der Waals surface area contributed by atoms with Crippen LogP contribution in [0.15, 0.2) is 53.0 Å². The van der Waals surface area contributed by atoms with Gasteiger partial charge in [-0.1, -0.05) is 30.3 Å². The highest BCUT2D eigenvalue weighted by molar-refractivity contribution is 9.10. The molecule has 1 fully saturated rings. The number of methoxy groups -OCH3 is 1. The maximum Gasteiger partial charge on any atom is 0.351 e. The number of nitrogens with one attached hydrogen (secondary N) is 1. The summed E-state index contributed by atoms with van der Waals surface area (Å²) >= 11 is 4.55. The molecule has 212 valence electrons. The van der Waals surface area contributed by atoms with Crippen LogP contribution in [0.5, 0.6) is 5.75 Å². The van der Waals surface area contributed by atoms with E-state index in [0.717, 1.165) is 11.3 Å². The number of carbonyl (C=O) groups excluding carboxylic acids is 2. The lowest BCUT2D eigenvalue weighted by Crippen LogP contribution is -2.46. The summed E-state index contributed by atoms with van der Waals surface area (Å²) < 4.78 is 40.1. The second-order valence-electron chi connectivity index (χ2n) is 8.84. The fourth-order valence-electron chi connectivity index (χ4n) is 4.56. The number of anilines is 1. The number of halogens is 1. The molecule has 1 saturated heterocycles. The van der Waals surface area contributed by atoms with Crippen LogP contribution in [-0.4, -0.2) is 58.4 Å². The summed E-state index contributed by atoms with van der Waals surface area (Å²) in [5.41, 5.74) is 0.827. The fourth-order valence-corrected chi connectivity index (χ4v) is 8.40. The number of nitrogens with zero attached hydrogens (tertiary/aromatic N) is 2. The Kier molecular flexibility index (Phi) is 9.56. The summed E-state index contributed by atoms with van der Waals surface area (Å²) in [4.78, 5) is 35.0. The topological polar surface area (TPSA) is 145 Å². The average Bonchev–Trinajstić information content (AvgIpc) is 3.27. The second-order valence-corrected chi connectivity index (χ2v) is 12.5. The van der Waals surface area contributed by atoms with E-state index in [1.54, 1.807) is 30.3 Å². The summed E-state index contributed by atoms with van der Waals surface area (Å²) in [5, 5.41) is 14.8. The van der Waals surface area contributed by atoms with Crippen molar-refractivity contribution in [3.05, 3.63) is 73.6 Å². The Hall–Kier alpha value is -3.33. The molecule has 3 aromatic rings. The molecule has 4 rings (SSSR count). The highest BCUT2D eigenvalue weighted by Crippen LogP contribution is 2.46. The van der Waals surface area contributed by atoms with Gasteiger partial charge in [-0.3, -0.25) is 19.2 Å². The number of para-hydroxylation sites is 1. The number of hydrogen-bond donors (Lipinski definition) is 1. The highest BCUT2D eigenvalue weighted by Gasteiger charge is 2.34. The van der Waals surface area contributed by atoms with Crippen LogP contribution >= 0.6 is 27.3 Å². The molecule has 1 aromatic heterocycles. The van der Waals surface area contributed by atoms with Gasteiger partial charge in [0.25, 0.3) is 5.69 Å². The normalized spacial score (nSPS) is 13.9. The first-order valence-electron chi connectivity index (χ1n) is 12.2. The Morgan fingerprint density at radius 1 is 1.23 bits per heavy atom. The number of aldehydes is 1. The number of rotatable bonds is 11. The third kappa shape index (κ3) is 6.35. The molecule has 1 aliphatic heterocycles. The van der Waals surface area contributed by atoms with Gasteiger partial charge in [-0.2, -0.15) is 0 Å². The molecule has 40 heavy (non-hydrogen) atoms. The van der Waals surface area contributed by atoms with Crippen molar-refractivity contribution in [1.82, 2.24) is 5.32 Å². The van der Waals surface area contributed by atoms with Gasteiger partial charge in [0, 0.05) is 17.7 Å². The first-order valence-corrected chi connectivity index (χ1v) is 15.4. The van der Waals surface area contributed by atoms with Crippen LogP contribution in [-0.2, 0) is 25.3 Å². The van der Waals surface area contributed by atoms with Crippen molar-refractivity contribution in [1.29, 1.82) is 0 Å². The molecule has 2 heterocycles. The first kappa shape index (κ1) is 29.6. The van der Waals surface area contributed by atoms with Gasteiger partial charge < -0.3 is 14.8 Å². The van der Waals surface area contributed by atoms with Crippen LogP contribution in [0.3, 0.4) is 0 Å². The summed E-state index contributed by atoms with van der Waals surface area (Å²) in [6.07, 6.45) is 1.67. The SMILES string of the molecule is COC(=O)c1sc(-c2cccc(N(C3CCNCC3)S(=O)(=O)Cc3ccccc3[N+](=O)[O-])c2)c(Br)c1OCC=O. The summed E-state index contributed by atoms with van der Waals surface area (Å²) in [6.45, 7) is 0.975. The molecule has 0 unspecified atom stereocenters. The van der Waals surface area contributed by atoms with Gasteiger partial charge in [0.2, 0.25) is 10.0 Å². The van der Waals surface area contributed by atoms with E-state index in [2.05, 4.69) is 21.2 Å². The molecule has 0 aliphatic carbocycles. The van der Waals surface area contributed by atoms with E-state index in [9.17, 15) is 28.1 Å². The van der Waals surface area contributed by atoms with E-state index in [-0.39, 0.29) is 34.5 Å². The third-order valence-electron chi connectivity index (χ3n) is 6.30. The predicted molar refractivity (Wildman–Crippen MR) is 154 cm³/mol. The number of thiophene rings is 1. The summed E-state index contributed by atoms with van der Waals surface area (Å²) in [5.74, 6) is -1.03. The zero-order chi connectivity index (χ0) is 28.9. The predicted octanol–water partition coefficient (Wildman–Crippen LogP) is 4.54. The first-order chi connectivity index (χ1) is 19.2. The molecule has 0 amide bonds. The Morgan fingerprint density at radius 2 is 1.95 bits per heavy atom. The van der Waals surface area contributed by atoms with E-state index in [1.807, 2.05) is 0 Å². The number of nitro benzene ring substituents is 1. The number of hydrogen-bond acceptors (Lipinski definition) is 10. The Bertz CT molecular complexity index is 1520. The lowest BCUT2D eigenvalue weighted by molar-refractivity contribution is -0.385. The van der Waals surface area contributed by atoms with Gasteiger partial charge in [-0.25, -0.2) is 13.2 Å². The molecule has 11 nitrogen and oxygen atoms in total. The van der Waals surface area contributed by atoms with Gasteiger partial charge in [-0.15, -0.1) is 11.3 Å². The van der Waals surface area contributed by atoms with Gasteiger partial charge >= 0.3 is 5.97 Å². The largest absolute Gasteiger partial charge is 0.483 e. The smallest absolute Gasteiger partial charge is 0.351 e. The minimum absolute atomic E-state index is 0.100. The maximum atomic E-state index is 14.0. The zero-order valence-corrected chi connectivity index (χ0v) is 24.6. The monoisotopic (exact) mass is 651 g/mol. The van der Waals surface area contributed by atoms with Gasteiger partial charge in [0.05, 0.1) is 27.1 Å². The molecule has 1 aliphatic rings. The third-order valence-corrected chi connectivity index (χ3v) is 10.3. The number of sulfonamides is 1. The van der Waals surface area contributed by atoms with Gasteiger partial charge in [-0.05, 0) is 59.6 Å². The van der Waals surface area contributed by atoms with Crippen LogP contribution in [0.1, 0.15) is 28.1 Å². The molecule has 0 atom stereocenters. The molecular weight excluding hydrogens is 626 g/mol. The van der Waals surface area contributed by atoms with Crippen LogP contribution in [0.25, 0.3) is 10.4 Å². The molecule has 14 heteroatoms. The molecule has 0 saturated carbocycles. The van der Waals surface area contributed by atoms with Gasteiger partial charge in [0.15, 0.2) is 16.9 Å². The van der Waals surface area contributed by atoms with Crippen molar-refractivity contribution in [2.24, 2.45) is 0 Å². The molecule has 2 aromatic carbocycles. The van der Waals surface area contributed by atoms with Crippen LogP contribution in [0.2, 0.25) is 0 Å². The standard InChI is InChI=1S/C26H26BrN3O8S2/c1-37-26(32)25-23(38-14-13-31)22(27)24(39-25)17-6-4-7-20(15-17)29(19-9-11-28-12-10-19)40(35,36)16-18-5-2-3-8-21(18)30(33)34/h2-8,13,15,19,28H,9-12,14,16H2,1H3. The number of esters is 1. The van der Waals surface area contributed by atoms with Crippen molar-refractivity contribution >= 4 is 60.9 Å². The van der Waals surface area contributed by atoms with Crippen LogP contribution in [0.4, 0.5) is 11.4 Å². The number of benzene rings is 2. The lowest BCUT2D eigenvalue weighted by Gasteiger charge is -2.35. The highest BCUT2D eigenvalue weighted by atomic mass is 79.9. The minimum atomic E-state index is -4.07. The van der Waals surface area contributed by atoms with E-state index in [0.29, 0.717) is 52.8 Å². The lowest BCUT2D eigenvalue weighted by atomic mass is 10.1. The van der Waals surface area contributed by atoms with E-state index >= 15 is 0 Å². The van der Waals surface area contributed by atoms with E-state index in [4.69, 9.17) is 9.47 Å². The molecule has 0 radical (unpaired) electrons. The number of piperidine rings is 1. The van der Waals surface area contributed by atoms with Crippen molar-refractivity contribution in [2.45, 2.75) is 24.6 Å². The Balaban J connectivity index is 1.80. The van der Waals surface area contributed by atoms with Crippen LogP contribution < -0.4 is 14.4 Å². The minimum Gasteiger partial charge on any atom is -0.483 e. The quantitative estimate of drug-likeness (QED) is 0.137. The van der Waals surface area contributed by atoms with Gasteiger partial charge in [0.1, 0.15) is 12.4 Å². The van der Waals surface area contributed by atoms with Crippen LogP contribution in [0, 0.1) is 10.1 Å². The molecule has 0 spiro atoms. The number of carbonyl (C=O) groups is 2. The molecule has 0 bridgehead atoms. The van der Waals surface area contributed by atoms with E-state index < -0.39 is 26.7 Å². The summed E-state index contributed by atoms with van der Waals surface area (Å²) in [6, 6.07) is 12.3. The van der Waals surface area contributed by atoms with Crippen molar-refractivity contribution in [2.75, 3.05) is 31.1 Å². The fraction of sp³-hybridized carbons (Fsp3) is 0.308. The number of nitro groups is 1. The van der Waals surface area contributed by atoms with E-state index in [1.165, 1.54) is 29.6 Å². The van der Waals surface area contributed by atoms with Crippen molar-refractivity contribution < 1.29 is 32.4 Å². The Morgan fingerprint density at radius 3 is 2.62 bits per heavy atom. The number of ether oxygens (including phenoxy) is 2. The second kappa shape index (κ2) is 12.9.